The fourth-order valence-corrected chi connectivity index (χ4v) is 8.09. The van der Waals surface area contributed by atoms with Crippen molar-refractivity contribution < 1.29 is 28.0 Å². The van der Waals surface area contributed by atoms with Crippen molar-refractivity contribution in [1.29, 1.82) is 0 Å². The fourth-order valence-electron chi connectivity index (χ4n) is 7.36. The molecule has 0 aromatic carbocycles. The minimum Gasteiger partial charge on any atom is -0.387 e. The van der Waals surface area contributed by atoms with Gasteiger partial charge in [-0.3, -0.25) is 9.35 Å². The molecule has 0 aromatic rings. The summed E-state index contributed by atoms with van der Waals surface area (Å²) in [6.07, 6.45) is 49.6. The maximum atomic E-state index is 12.6. The van der Waals surface area contributed by atoms with Crippen LogP contribution in [0.25, 0.3) is 0 Å². The molecule has 0 aliphatic carbocycles. The Morgan fingerprint density at radius 3 is 1.20 bits per heavy atom. The number of hydrogen-bond donors (Lipinski definition) is 4. The number of carbonyl (C=O) groups excluding carboxylic acids is 1. The number of rotatable bonds is 43. The van der Waals surface area contributed by atoms with Crippen LogP contribution in [0.15, 0.2) is 24.3 Å². The second-order valence-corrected chi connectivity index (χ2v) is 18.0. The van der Waals surface area contributed by atoms with Crippen LogP contribution < -0.4 is 5.32 Å². The van der Waals surface area contributed by atoms with Crippen LogP contribution in [0.2, 0.25) is 0 Å². The van der Waals surface area contributed by atoms with Gasteiger partial charge in [-0.1, -0.05) is 237 Å². The highest BCUT2D eigenvalue weighted by atomic mass is 32.2. The van der Waals surface area contributed by atoms with E-state index >= 15 is 0 Å². The van der Waals surface area contributed by atoms with Crippen molar-refractivity contribution in [3.8, 4) is 0 Å². The average molecular weight is 798 g/mol. The van der Waals surface area contributed by atoms with Crippen LogP contribution in [0.1, 0.15) is 245 Å². The molecule has 0 aromatic heterocycles. The summed E-state index contributed by atoms with van der Waals surface area (Å²) < 4.78 is 32.6. The van der Waals surface area contributed by atoms with Crippen LogP contribution in [0.3, 0.4) is 0 Å². The lowest BCUT2D eigenvalue weighted by Gasteiger charge is -2.22. The molecule has 0 heterocycles. The Labute approximate surface area is 341 Å². The van der Waals surface area contributed by atoms with E-state index in [2.05, 4.69) is 31.3 Å². The number of nitrogens with one attached hydrogen (secondary N) is 1. The Morgan fingerprint density at radius 2 is 0.818 bits per heavy atom. The zero-order valence-electron chi connectivity index (χ0n) is 36.2. The van der Waals surface area contributed by atoms with Crippen molar-refractivity contribution in [1.82, 2.24) is 5.32 Å². The Kier molecular flexibility index (Phi) is 40.0. The third-order valence-electron chi connectivity index (χ3n) is 11.0. The summed E-state index contributed by atoms with van der Waals surface area (Å²) in [5.41, 5.74) is 0. The molecule has 0 radical (unpaired) electrons. The molecular formula is C47H91NO6S. The standard InChI is InChI=1S/C47H91NO6S/c1-3-5-7-9-11-13-15-17-19-21-22-23-24-25-26-28-30-32-34-36-38-40-42-46(50)47(51)48-44(43-55(52,53)54)45(49)41-39-37-35-33-31-29-27-20-18-16-14-12-10-8-6-4-2/h31,33,39,41,44-46,49-50H,3-30,32,34-38,40,42-43H2,1-2H3,(H,48,51)(H,52,53,54)/b33-31+,41-39+. The summed E-state index contributed by atoms with van der Waals surface area (Å²) in [6.45, 7) is 4.53. The highest BCUT2D eigenvalue weighted by Gasteiger charge is 2.27. The van der Waals surface area contributed by atoms with Gasteiger partial charge in [-0.2, -0.15) is 8.42 Å². The van der Waals surface area contributed by atoms with Gasteiger partial charge in [0.2, 0.25) is 5.91 Å². The maximum Gasteiger partial charge on any atom is 0.267 e. The number of amides is 1. The molecule has 0 fully saturated rings. The molecule has 0 saturated carbocycles. The predicted molar refractivity (Wildman–Crippen MR) is 236 cm³/mol. The zero-order valence-corrected chi connectivity index (χ0v) is 37.0. The van der Waals surface area contributed by atoms with Gasteiger partial charge in [0.25, 0.3) is 10.1 Å². The summed E-state index contributed by atoms with van der Waals surface area (Å²) in [6, 6.07) is -1.25. The van der Waals surface area contributed by atoms with Crippen LogP contribution >= 0.6 is 0 Å². The van der Waals surface area contributed by atoms with E-state index < -0.39 is 40.0 Å². The molecule has 0 spiro atoms. The third-order valence-corrected chi connectivity index (χ3v) is 11.8. The summed E-state index contributed by atoms with van der Waals surface area (Å²) in [5, 5.41) is 23.5. The lowest BCUT2D eigenvalue weighted by molar-refractivity contribution is -0.130. The van der Waals surface area contributed by atoms with Crippen LogP contribution in [0.5, 0.6) is 0 Å². The fraction of sp³-hybridized carbons (Fsp3) is 0.894. The molecule has 0 rings (SSSR count). The van der Waals surface area contributed by atoms with E-state index in [1.165, 1.54) is 186 Å². The quantitative estimate of drug-likeness (QED) is 0.0277. The molecule has 1 amide bonds. The summed E-state index contributed by atoms with van der Waals surface area (Å²) in [4.78, 5) is 12.6. The zero-order chi connectivity index (χ0) is 40.5. The van der Waals surface area contributed by atoms with Crippen molar-refractivity contribution in [3.63, 3.8) is 0 Å². The van der Waals surface area contributed by atoms with Gasteiger partial charge in [0.15, 0.2) is 0 Å². The first-order valence-electron chi connectivity index (χ1n) is 23.6. The first kappa shape index (κ1) is 53.8. The van der Waals surface area contributed by atoms with E-state index in [1.807, 2.05) is 0 Å². The van der Waals surface area contributed by atoms with Crippen molar-refractivity contribution in [2.75, 3.05) is 5.75 Å². The molecule has 3 unspecified atom stereocenters. The number of unbranched alkanes of at least 4 members (excludes halogenated alkanes) is 32. The average Bonchev–Trinajstić information content (AvgIpc) is 3.15. The summed E-state index contributed by atoms with van der Waals surface area (Å²) in [7, 11) is -4.45. The van der Waals surface area contributed by atoms with Gasteiger partial charge in [-0.05, 0) is 32.1 Å². The van der Waals surface area contributed by atoms with E-state index in [0.29, 0.717) is 12.8 Å². The largest absolute Gasteiger partial charge is 0.387 e. The minimum atomic E-state index is -4.45. The van der Waals surface area contributed by atoms with Crippen LogP contribution in [-0.4, -0.2) is 53.1 Å². The molecule has 7 nitrogen and oxygen atoms in total. The highest BCUT2D eigenvalue weighted by molar-refractivity contribution is 7.85. The number of carbonyl (C=O) groups is 1. The Hall–Kier alpha value is -1.22. The van der Waals surface area contributed by atoms with Crippen molar-refractivity contribution >= 4 is 16.0 Å². The molecular weight excluding hydrogens is 707 g/mol. The predicted octanol–water partition coefficient (Wildman–Crippen LogP) is 13.3. The van der Waals surface area contributed by atoms with Crippen molar-refractivity contribution in [3.05, 3.63) is 24.3 Å². The Morgan fingerprint density at radius 1 is 0.491 bits per heavy atom. The van der Waals surface area contributed by atoms with E-state index in [-0.39, 0.29) is 6.42 Å². The maximum absolute atomic E-state index is 12.6. The normalized spacial score (nSPS) is 13.9. The highest BCUT2D eigenvalue weighted by Crippen LogP contribution is 2.16. The molecule has 4 N–H and O–H groups in total. The van der Waals surface area contributed by atoms with Gasteiger partial charge < -0.3 is 15.5 Å². The van der Waals surface area contributed by atoms with Gasteiger partial charge >= 0.3 is 0 Å². The number of allylic oxidation sites excluding steroid dienone is 3. The van der Waals surface area contributed by atoms with Gasteiger partial charge in [-0.25, -0.2) is 0 Å². The van der Waals surface area contributed by atoms with Crippen molar-refractivity contribution in [2.45, 2.75) is 263 Å². The summed E-state index contributed by atoms with van der Waals surface area (Å²) in [5.74, 6) is -1.55. The lowest BCUT2D eigenvalue weighted by atomic mass is 10.0. The van der Waals surface area contributed by atoms with Crippen LogP contribution in [0.4, 0.5) is 0 Å². The van der Waals surface area contributed by atoms with E-state index in [4.69, 9.17) is 0 Å². The molecule has 326 valence electrons. The molecule has 3 atom stereocenters. The smallest absolute Gasteiger partial charge is 0.267 e. The molecule has 0 aliphatic heterocycles. The van der Waals surface area contributed by atoms with E-state index in [1.54, 1.807) is 6.08 Å². The molecule has 8 heteroatoms. The first-order chi connectivity index (χ1) is 26.7. The van der Waals surface area contributed by atoms with Gasteiger partial charge in [0, 0.05) is 0 Å². The second-order valence-electron chi connectivity index (χ2n) is 16.5. The van der Waals surface area contributed by atoms with E-state index in [0.717, 1.165) is 32.1 Å². The molecule has 0 bridgehead atoms. The molecule has 55 heavy (non-hydrogen) atoms. The van der Waals surface area contributed by atoms with Gasteiger partial charge in [0.1, 0.15) is 6.10 Å². The SMILES string of the molecule is CCCCCCCCCCCC/C=C/CC/C=C/C(O)C(CS(=O)(=O)O)NC(=O)C(O)CCCCCCCCCCCCCCCCCCCCCCCC. The van der Waals surface area contributed by atoms with E-state index in [9.17, 15) is 28.0 Å². The van der Waals surface area contributed by atoms with Gasteiger partial charge in [0.05, 0.1) is 17.9 Å². The second kappa shape index (κ2) is 41.0. The topological polar surface area (TPSA) is 124 Å². The first-order valence-corrected chi connectivity index (χ1v) is 25.3. The molecule has 0 aliphatic rings. The number of hydrogen-bond acceptors (Lipinski definition) is 5. The number of aliphatic hydroxyl groups is 2. The summed E-state index contributed by atoms with van der Waals surface area (Å²) >= 11 is 0. The van der Waals surface area contributed by atoms with Crippen molar-refractivity contribution in [2.24, 2.45) is 0 Å². The minimum absolute atomic E-state index is 0.279. The molecule has 0 saturated heterocycles. The monoisotopic (exact) mass is 798 g/mol. The van der Waals surface area contributed by atoms with Crippen LogP contribution in [0, 0.1) is 0 Å². The Bertz CT molecular complexity index is 984. The Balaban J connectivity index is 3.92. The lowest BCUT2D eigenvalue weighted by Crippen LogP contribution is -2.50. The van der Waals surface area contributed by atoms with Gasteiger partial charge in [-0.15, -0.1) is 0 Å². The number of aliphatic hydroxyl groups excluding tert-OH is 2. The third kappa shape index (κ3) is 40.8. The van der Waals surface area contributed by atoms with Crippen LogP contribution in [-0.2, 0) is 14.9 Å².